The van der Waals surface area contributed by atoms with E-state index in [1.807, 2.05) is 0 Å². The molecule has 0 aliphatic rings. The third-order valence-corrected chi connectivity index (χ3v) is 4.69. The summed E-state index contributed by atoms with van der Waals surface area (Å²) in [6.45, 7) is 9.31. The van der Waals surface area contributed by atoms with Crippen molar-refractivity contribution >= 4 is 52.4 Å². The van der Waals surface area contributed by atoms with E-state index in [9.17, 15) is 0 Å². The Balaban J connectivity index is 0. The summed E-state index contributed by atoms with van der Waals surface area (Å²) >= 11 is -2.79. The molecule has 0 radical (unpaired) electrons. The number of rotatable bonds is 4. The molecule has 0 aliphatic carbocycles. The maximum atomic E-state index is 5.01. The van der Waals surface area contributed by atoms with E-state index in [1.54, 1.807) is 0 Å². The van der Waals surface area contributed by atoms with Gasteiger partial charge < -0.3 is 0 Å². The first-order chi connectivity index (χ1) is 6.13. The Labute approximate surface area is 114 Å². The summed E-state index contributed by atoms with van der Waals surface area (Å²) in [6.07, 6.45) is 0. The van der Waals surface area contributed by atoms with Crippen LogP contribution in [0.25, 0.3) is 0 Å². The van der Waals surface area contributed by atoms with Crippen LogP contribution in [-0.2, 0) is 12.3 Å². The van der Waals surface area contributed by atoms with Gasteiger partial charge in [-0.05, 0) is 0 Å². The monoisotopic (exact) mass is 330 g/mol. The molecule has 0 unspecified atom stereocenters. The van der Waals surface area contributed by atoms with E-state index in [0.717, 1.165) is 11.8 Å². The quantitative estimate of drug-likeness (QED) is 0.611. The van der Waals surface area contributed by atoms with Gasteiger partial charge in [-0.25, -0.2) is 0 Å². The molecule has 0 aromatic rings. The van der Waals surface area contributed by atoms with E-state index in [1.165, 1.54) is 10.6 Å². The molecule has 0 spiro atoms. The van der Waals surface area contributed by atoms with Crippen molar-refractivity contribution in [3.8, 4) is 0 Å². The Kier molecular flexibility index (Phi) is 14.1. The van der Waals surface area contributed by atoms with Crippen LogP contribution >= 0.6 is 37.2 Å². The second kappa shape index (κ2) is 10.6. The Morgan fingerprint density at radius 3 is 1.21 bits per heavy atom. The van der Waals surface area contributed by atoms with E-state index >= 15 is 0 Å². The van der Waals surface area contributed by atoms with Gasteiger partial charge in [-0.1, -0.05) is 50.1 Å². The van der Waals surface area contributed by atoms with Crippen LogP contribution in [0.5, 0.6) is 0 Å². The first-order valence-electron chi connectivity index (χ1n) is 4.88. The van der Waals surface area contributed by atoms with Crippen molar-refractivity contribution in [1.82, 2.24) is 0 Å². The standard InChI is InChI=1S/2C4H9.Al.4ClH.Ti.H/c2*1-4(2)3;;;;;;;/h2*4H,1H2,2-3H3;;4*1H;;/q;;;;;;;+4;/p-4. The van der Waals surface area contributed by atoms with Gasteiger partial charge in [-0.2, -0.15) is 0 Å². The second-order valence-electron chi connectivity index (χ2n) is 4.15. The van der Waals surface area contributed by atoms with Crippen LogP contribution in [0.1, 0.15) is 27.7 Å². The number of hydrogen-bond acceptors (Lipinski definition) is 0. The van der Waals surface area contributed by atoms with Crippen molar-refractivity contribution in [2.45, 2.75) is 38.3 Å². The van der Waals surface area contributed by atoms with E-state index in [-0.39, 0.29) is 0 Å². The van der Waals surface area contributed by atoms with Gasteiger partial charge in [0.05, 0.1) is 0 Å². The molecule has 0 aromatic carbocycles. The average molecular weight is 332 g/mol. The summed E-state index contributed by atoms with van der Waals surface area (Å²) < 4.78 is 0. The molecule has 0 rings (SSSR count). The molecule has 0 atom stereocenters. The van der Waals surface area contributed by atoms with Gasteiger partial charge in [0.15, 0.2) is 0 Å². The third kappa shape index (κ3) is 36.6. The maximum absolute atomic E-state index is 5.01. The van der Waals surface area contributed by atoms with E-state index in [2.05, 4.69) is 27.7 Å². The topological polar surface area (TPSA) is 0 Å². The minimum atomic E-state index is -3.11. The molecule has 14 heavy (non-hydrogen) atoms. The molecule has 0 N–H and O–H groups in total. The van der Waals surface area contributed by atoms with Gasteiger partial charge >= 0.3 is 49.6 Å². The van der Waals surface area contributed by atoms with Gasteiger partial charge in [0.1, 0.15) is 0 Å². The van der Waals surface area contributed by atoms with Crippen LogP contribution in [0.15, 0.2) is 0 Å². The molecule has 0 aromatic heterocycles. The molecular weight excluding hydrogens is 313 g/mol. The Bertz CT molecular complexity index is 111. The van der Waals surface area contributed by atoms with Crippen LogP contribution in [0, 0.1) is 11.8 Å². The molecule has 0 saturated carbocycles. The molecule has 0 heterocycles. The van der Waals surface area contributed by atoms with E-state index in [4.69, 9.17) is 37.2 Å². The van der Waals surface area contributed by atoms with Crippen molar-refractivity contribution in [1.29, 1.82) is 0 Å². The molecule has 0 bridgehead atoms. The second-order valence-corrected chi connectivity index (χ2v) is 21.5. The predicted molar refractivity (Wildman–Crippen MR) is 69.9 cm³/mol. The molecule has 0 aliphatic heterocycles. The summed E-state index contributed by atoms with van der Waals surface area (Å²) in [5.41, 5.74) is 0. The van der Waals surface area contributed by atoms with Crippen LogP contribution in [0.4, 0.5) is 0 Å². The van der Waals surface area contributed by atoms with Crippen molar-refractivity contribution in [3.05, 3.63) is 0 Å². The van der Waals surface area contributed by atoms with Crippen LogP contribution < -0.4 is 0 Å². The summed E-state index contributed by atoms with van der Waals surface area (Å²) in [5.74, 6) is 1.91. The van der Waals surface area contributed by atoms with E-state index < -0.39 is 12.3 Å². The Hall–Kier alpha value is 2.41. The average Bonchev–Trinajstić information content (AvgIpc) is 1.80. The SMILES string of the molecule is CC(C)[CH2][AlH][CH2]C(C)C.[Cl][Ti]([Cl])([Cl])[Cl]. The van der Waals surface area contributed by atoms with E-state index in [0.29, 0.717) is 15.2 Å². The number of hydrogen-bond donors (Lipinski definition) is 0. The third-order valence-electron chi connectivity index (χ3n) is 1.56. The van der Waals surface area contributed by atoms with Crippen LogP contribution in [0.2, 0.25) is 10.6 Å². The van der Waals surface area contributed by atoms with Crippen molar-refractivity contribution in [2.24, 2.45) is 11.8 Å². The van der Waals surface area contributed by atoms with Crippen molar-refractivity contribution in [2.75, 3.05) is 0 Å². The molecule has 0 saturated heterocycles. The zero-order valence-electron chi connectivity index (χ0n) is 9.29. The van der Waals surface area contributed by atoms with Gasteiger partial charge in [0.25, 0.3) is 0 Å². The summed E-state index contributed by atoms with van der Waals surface area (Å²) in [4.78, 5) is 0. The zero-order chi connectivity index (χ0) is 11.8. The van der Waals surface area contributed by atoms with Crippen molar-refractivity contribution in [3.63, 3.8) is 0 Å². The van der Waals surface area contributed by atoms with Gasteiger partial charge in [0.2, 0.25) is 15.2 Å². The molecule has 0 fully saturated rings. The fourth-order valence-corrected chi connectivity index (χ4v) is 2.80. The first kappa shape index (κ1) is 18.8. The van der Waals surface area contributed by atoms with Gasteiger partial charge in [0, 0.05) is 0 Å². The molecule has 86 valence electrons. The Morgan fingerprint density at radius 1 is 0.857 bits per heavy atom. The fraction of sp³-hybridized carbons (Fsp3) is 1.00. The van der Waals surface area contributed by atoms with Crippen LogP contribution in [-0.4, -0.2) is 15.2 Å². The van der Waals surface area contributed by atoms with Crippen molar-refractivity contribution < 1.29 is 12.3 Å². The fourth-order valence-electron chi connectivity index (χ4n) is 0.934. The normalized spacial score (nSPS) is 11.3. The van der Waals surface area contributed by atoms with Crippen LogP contribution in [0.3, 0.4) is 0 Å². The molecule has 6 heteroatoms. The summed E-state index contributed by atoms with van der Waals surface area (Å²) in [6, 6.07) is 0. The van der Waals surface area contributed by atoms with Gasteiger partial charge in [-0.15, -0.1) is 0 Å². The molecule has 0 nitrogen and oxygen atoms in total. The molecular formula is C8H19AlCl4Ti. The Morgan fingerprint density at radius 2 is 1.07 bits per heavy atom. The molecule has 0 amide bonds. The predicted octanol–water partition coefficient (Wildman–Crippen LogP) is 5.33. The summed E-state index contributed by atoms with van der Waals surface area (Å²) in [7, 11) is 20.1. The minimum absolute atomic E-state index is 0.316. The zero-order valence-corrected chi connectivity index (χ0v) is 15.3. The van der Waals surface area contributed by atoms with Gasteiger partial charge in [-0.3, -0.25) is 0 Å². The first-order valence-corrected chi connectivity index (χ1v) is 15.5. The summed E-state index contributed by atoms with van der Waals surface area (Å²) in [5, 5.41) is 3.08. The number of halogens is 4.